The van der Waals surface area contributed by atoms with E-state index in [2.05, 4.69) is 20.3 Å². The number of aliphatic hydroxyl groups is 1. The number of nitrogens with zero attached hydrogens (tertiary/aromatic N) is 6. The molecule has 1 aliphatic rings. The van der Waals surface area contributed by atoms with Gasteiger partial charge in [-0.15, -0.1) is 11.3 Å². The second kappa shape index (κ2) is 7.04. The fraction of sp³-hybridized carbons (Fsp3) is 0.211. The molecule has 152 valence electrons. The Kier molecular flexibility index (Phi) is 4.33. The second-order valence-corrected chi connectivity index (χ2v) is 8.05. The molecule has 1 atom stereocenters. The van der Waals surface area contributed by atoms with Gasteiger partial charge in [0.05, 0.1) is 28.8 Å². The summed E-state index contributed by atoms with van der Waals surface area (Å²) >= 11 is 1.58. The van der Waals surface area contributed by atoms with Crippen molar-refractivity contribution >= 4 is 33.8 Å². The highest BCUT2D eigenvalue weighted by Crippen LogP contribution is 2.36. The Morgan fingerprint density at radius 2 is 2.20 bits per heavy atom. The molecule has 0 aromatic carbocycles. The average Bonchev–Trinajstić information content (AvgIpc) is 3.44. The van der Waals surface area contributed by atoms with E-state index in [0.717, 1.165) is 32.3 Å². The Labute approximate surface area is 174 Å². The van der Waals surface area contributed by atoms with Crippen LogP contribution >= 0.6 is 11.3 Å². The van der Waals surface area contributed by atoms with Crippen molar-refractivity contribution in [3.05, 3.63) is 63.8 Å². The number of primary amides is 1. The standard InChI is InChI=1S/C19H18N8O2S/c1-26-15-12(16-18(26)24-14(30-16)7-10-5-6-21-25-10)8-22-27(19(15)29)9-11-3-2-4-13(23-11)17(20)28/h2-6,8,19,29H,7,9H2,1H3,(H2,20,28)(H,21,25). The summed E-state index contributed by atoms with van der Waals surface area (Å²) in [6.07, 6.45) is 3.16. The fourth-order valence-corrected chi connectivity index (χ4v) is 4.70. The maximum absolute atomic E-state index is 11.4. The lowest BCUT2D eigenvalue weighted by Crippen LogP contribution is -2.29. The lowest BCUT2D eigenvalue weighted by atomic mass is 10.2. The zero-order valence-corrected chi connectivity index (χ0v) is 16.8. The Bertz CT molecular complexity index is 1270. The highest BCUT2D eigenvalue weighted by Gasteiger charge is 2.30. The molecule has 4 aromatic rings. The molecule has 5 heterocycles. The first-order valence-corrected chi connectivity index (χ1v) is 10.0. The van der Waals surface area contributed by atoms with Gasteiger partial charge in [-0.25, -0.2) is 9.97 Å². The molecule has 30 heavy (non-hydrogen) atoms. The molecule has 0 saturated carbocycles. The monoisotopic (exact) mass is 422 g/mol. The summed E-state index contributed by atoms with van der Waals surface area (Å²) in [5.74, 6) is -0.596. The number of amides is 1. The number of pyridine rings is 1. The van der Waals surface area contributed by atoms with Gasteiger partial charge in [-0.1, -0.05) is 6.07 Å². The average molecular weight is 422 g/mol. The van der Waals surface area contributed by atoms with Crippen LogP contribution in [0.25, 0.3) is 10.3 Å². The van der Waals surface area contributed by atoms with Gasteiger partial charge in [-0.2, -0.15) is 10.2 Å². The SMILES string of the molecule is Cn1c2c(c3sc(Cc4ccn[nH]4)nc31)C=NN(Cc1cccc(C(N)=O)n1)C2O. The number of aliphatic hydroxyl groups excluding tert-OH is 1. The molecule has 0 bridgehead atoms. The number of carbonyl (C=O) groups excluding carboxylic acids is 1. The molecule has 0 spiro atoms. The number of hydrogen-bond donors (Lipinski definition) is 3. The summed E-state index contributed by atoms with van der Waals surface area (Å²) in [5.41, 5.74) is 9.45. The molecule has 0 radical (unpaired) electrons. The summed E-state index contributed by atoms with van der Waals surface area (Å²) in [6, 6.07) is 6.94. The molecule has 0 aliphatic carbocycles. The van der Waals surface area contributed by atoms with Crippen molar-refractivity contribution in [2.45, 2.75) is 19.2 Å². The molecule has 1 aliphatic heterocycles. The predicted molar refractivity (Wildman–Crippen MR) is 111 cm³/mol. The normalized spacial score (nSPS) is 15.7. The van der Waals surface area contributed by atoms with E-state index in [9.17, 15) is 9.90 Å². The van der Waals surface area contributed by atoms with Crippen LogP contribution in [0.15, 0.2) is 35.6 Å². The van der Waals surface area contributed by atoms with Gasteiger partial charge in [0.2, 0.25) is 0 Å². The lowest BCUT2D eigenvalue weighted by molar-refractivity contribution is -0.0107. The van der Waals surface area contributed by atoms with Gasteiger partial charge in [0.25, 0.3) is 5.91 Å². The molecule has 10 nitrogen and oxygen atoms in total. The summed E-state index contributed by atoms with van der Waals surface area (Å²) < 4.78 is 2.88. The first-order valence-electron chi connectivity index (χ1n) is 9.22. The van der Waals surface area contributed by atoms with Gasteiger partial charge in [0.15, 0.2) is 11.9 Å². The van der Waals surface area contributed by atoms with Crippen molar-refractivity contribution in [3.8, 4) is 0 Å². The number of aromatic nitrogens is 5. The summed E-state index contributed by atoms with van der Waals surface area (Å²) in [7, 11) is 1.88. The van der Waals surface area contributed by atoms with Crippen LogP contribution in [0.5, 0.6) is 0 Å². The molecule has 4 N–H and O–H groups in total. The predicted octanol–water partition coefficient (Wildman–Crippen LogP) is 1.28. The number of nitrogens with one attached hydrogen (secondary N) is 1. The van der Waals surface area contributed by atoms with E-state index in [0.29, 0.717) is 12.1 Å². The Morgan fingerprint density at radius 3 is 2.97 bits per heavy atom. The van der Waals surface area contributed by atoms with Crippen molar-refractivity contribution in [3.63, 3.8) is 0 Å². The topological polar surface area (TPSA) is 138 Å². The van der Waals surface area contributed by atoms with Crippen LogP contribution in [0.4, 0.5) is 0 Å². The van der Waals surface area contributed by atoms with Gasteiger partial charge in [-0.05, 0) is 18.2 Å². The van der Waals surface area contributed by atoms with E-state index in [-0.39, 0.29) is 12.2 Å². The Morgan fingerprint density at radius 1 is 1.33 bits per heavy atom. The first-order chi connectivity index (χ1) is 14.5. The number of aryl methyl sites for hydroxylation is 1. The molecular weight excluding hydrogens is 404 g/mol. The number of aromatic amines is 1. The number of carbonyl (C=O) groups is 1. The summed E-state index contributed by atoms with van der Waals surface area (Å²) in [6.45, 7) is 0.232. The highest BCUT2D eigenvalue weighted by molar-refractivity contribution is 7.19. The van der Waals surface area contributed by atoms with Gasteiger partial charge in [0.1, 0.15) is 10.7 Å². The maximum Gasteiger partial charge on any atom is 0.267 e. The van der Waals surface area contributed by atoms with E-state index < -0.39 is 12.1 Å². The molecule has 11 heteroatoms. The van der Waals surface area contributed by atoms with E-state index in [1.165, 1.54) is 5.01 Å². The number of rotatable bonds is 5. The van der Waals surface area contributed by atoms with Crippen molar-refractivity contribution in [1.82, 2.24) is 29.7 Å². The zero-order valence-electron chi connectivity index (χ0n) is 16.0. The maximum atomic E-state index is 11.4. The Hall–Kier alpha value is -3.57. The minimum Gasteiger partial charge on any atom is -0.367 e. The third-order valence-corrected chi connectivity index (χ3v) is 6.08. The van der Waals surface area contributed by atoms with E-state index in [1.54, 1.807) is 41.9 Å². The van der Waals surface area contributed by atoms with Gasteiger partial charge >= 0.3 is 0 Å². The van der Waals surface area contributed by atoms with Crippen LogP contribution in [0.3, 0.4) is 0 Å². The van der Waals surface area contributed by atoms with Crippen LogP contribution in [-0.2, 0) is 20.0 Å². The number of fused-ring (bicyclic) bond motifs is 3. The highest BCUT2D eigenvalue weighted by atomic mass is 32.1. The quantitative estimate of drug-likeness (QED) is 0.443. The zero-order chi connectivity index (χ0) is 20.8. The third-order valence-electron chi connectivity index (χ3n) is 5.00. The number of nitrogens with two attached hydrogens (primary N) is 1. The van der Waals surface area contributed by atoms with Crippen LogP contribution in [-0.4, -0.2) is 47.0 Å². The molecule has 0 fully saturated rings. The molecule has 5 rings (SSSR count). The minimum absolute atomic E-state index is 0.178. The van der Waals surface area contributed by atoms with Crippen molar-refractivity contribution in [2.75, 3.05) is 0 Å². The molecule has 4 aromatic heterocycles. The smallest absolute Gasteiger partial charge is 0.267 e. The molecular formula is C19H18N8O2S. The van der Waals surface area contributed by atoms with Gasteiger partial charge in [-0.3, -0.25) is 14.9 Å². The molecule has 1 amide bonds. The van der Waals surface area contributed by atoms with Crippen LogP contribution in [0.1, 0.15) is 44.4 Å². The largest absolute Gasteiger partial charge is 0.367 e. The number of hydrazone groups is 1. The van der Waals surface area contributed by atoms with E-state index in [4.69, 9.17) is 10.7 Å². The van der Waals surface area contributed by atoms with Crippen molar-refractivity contribution in [2.24, 2.45) is 17.9 Å². The van der Waals surface area contributed by atoms with Crippen LogP contribution < -0.4 is 5.73 Å². The number of H-pyrrole nitrogens is 1. The third kappa shape index (κ3) is 3.04. The van der Waals surface area contributed by atoms with Crippen LogP contribution in [0, 0.1) is 0 Å². The van der Waals surface area contributed by atoms with Crippen molar-refractivity contribution in [1.29, 1.82) is 0 Å². The lowest BCUT2D eigenvalue weighted by Gasteiger charge is -2.28. The molecule has 1 unspecified atom stereocenters. The summed E-state index contributed by atoms with van der Waals surface area (Å²) in [4.78, 5) is 20.3. The number of hydrogen-bond acceptors (Lipinski definition) is 8. The second-order valence-electron chi connectivity index (χ2n) is 6.97. The van der Waals surface area contributed by atoms with Crippen molar-refractivity contribution < 1.29 is 9.90 Å². The summed E-state index contributed by atoms with van der Waals surface area (Å²) in [5, 5.41) is 24.8. The van der Waals surface area contributed by atoms with E-state index >= 15 is 0 Å². The van der Waals surface area contributed by atoms with Gasteiger partial charge < -0.3 is 15.4 Å². The van der Waals surface area contributed by atoms with E-state index in [1.807, 2.05) is 17.7 Å². The first kappa shape index (κ1) is 18.5. The molecule has 0 saturated heterocycles. The fourth-order valence-electron chi connectivity index (χ4n) is 3.56. The number of thiazole rings is 1. The van der Waals surface area contributed by atoms with Crippen LogP contribution in [0.2, 0.25) is 0 Å². The Balaban J connectivity index is 1.45. The van der Waals surface area contributed by atoms with Gasteiger partial charge in [0, 0.05) is 30.9 Å². The minimum atomic E-state index is -0.966.